The smallest absolute Gasteiger partial charge is 0.322 e. The van der Waals surface area contributed by atoms with E-state index in [1.807, 2.05) is 4.90 Å². The lowest BCUT2D eigenvalue weighted by Crippen LogP contribution is -2.54. The van der Waals surface area contributed by atoms with Gasteiger partial charge >= 0.3 is 5.97 Å². The Bertz CT molecular complexity index is 401. The lowest BCUT2D eigenvalue weighted by Gasteiger charge is -2.32. The summed E-state index contributed by atoms with van der Waals surface area (Å²) in [5, 5.41) is 12.2. The van der Waals surface area contributed by atoms with E-state index in [1.54, 1.807) is 6.07 Å². The molecule has 2 heterocycles. The molecule has 1 saturated heterocycles. The molecular weight excluding hydrogens is 232 g/mol. The van der Waals surface area contributed by atoms with Crippen LogP contribution in [0, 0.1) is 0 Å². The van der Waals surface area contributed by atoms with Crippen LogP contribution in [0.3, 0.4) is 0 Å². The van der Waals surface area contributed by atoms with E-state index in [0.717, 1.165) is 0 Å². The highest BCUT2D eigenvalue weighted by molar-refractivity contribution is 6.29. The van der Waals surface area contributed by atoms with E-state index in [1.165, 1.54) is 6.33 Å². The molecule has 1 aliphatic heterocycles. The van der Waals surface area contributed by atoms with Gasteiger partial charge in [0.2, 0.25) is 0 Å². The van der Waals surface area contributed by atoms with Crippen molar-refractivity contribution in [3.05, 3.63) is 17.5 Å². The standard InChI is InChI=1S/C9H11ClN4O2/c10-7-3-8(13-5-12-7)14-2-1-11-6(4-14)9(15)16/h3,5-6,11H,1-2,4H2,(H,15,16)/t6-/m1/s1. The molecule has 2 rings (SSSR count). The first-order valence-corrected chi connectivity index (χ1v) is 5.23. The number of anilines is 1. The molecule has 0 aromatic carbocycles. The van der Waals surface area contributed by atoms with Crippen LogP contribution in [0.2, 0.25) is 5.15 Å². The minimum absolute atomic E-state index is 0.357. The summed E-state index contributed by atoms with van der Waals surface area (Å²) in [6.07, 6.45) is 1.37. The number of aromatic nitrogens is 2. The van der Waals surface area contributed by atoms with Crippen molar-refractivity contribution in [1.29, 1.82) is 0 Å². The van der Waals surface area contributed by atoms with E-state index in [9.17, 15) is 4.79 Å². The number of piperazine rings is 1. The average molecular weight is 243 g/mol. The largest absolute Gasteiger partial charge is 0.480 e. The molecule has 0 spiro atoms. The number of carboxylic acid groups (broad SMARTS) is 1. The van der Waals surface area contributed by atoms with Crippen LogP contribution in [0.5, 0.6) is 0 Å². The second kappa shape index (κ2) is 4.63. The van der Waals surface area contributed by atoms with Crippen LogP contribution >= 0.6 is 11.6 Å². The predicted molar refractivity (Wildman–Crippen MR) is 58.7 cm³/mol. The molecule has 0 bridgehead atoms. The maximum Gasteiger partial charge on any atom is 0.322 e. The Balaban J connectivity index is 2.12. The molecule has 0 radical (unpaired) electrons. The van der Waals surface area contributed by atoms with Gasteiger partial charge in [-0.15, -0.1) is 0 Å². The van der Waals surface area contributed by atoms with Gasteiger partial charge in [-0.05, 0) is 0 Å². The summed E-state index contributed by atoms with van der Waals surface area (Å²) >= 11 is 5.75. The van der Waals surface area contributed by atoms with Gasteiger partial charge in [-0.2, -0.15) is 0 Å². The van der Waals surface area contributed by atoms with Gasteiger partial charge in [0.15, 0.2) is 0 Å². The van der Waals surface area contributed by atoms with Crippen molar-refractivity contribution in [2.45, 2.75) is 6.04 Å². The summed E-state index contributed by atoms with van der Waals surface area (Å²) in [7, 11) is 0. The zero-order chi connectivity index (χ0) is 11.5. The van der Waals surface area contributed by atoms with Crippen molar-refractivity contribution in [2.75, 3.05) is 24.5 Å². The topological polar surface area (TPSA) is 78.3 Å². The number of halogens is 1. The van der Waals surface area contributed by atoms with Crippen LogP contribution in [-0.4, -0.2) is 46.7 Å². The normalized spacial score (nSPS) is 20.8. The molecule has 0 aliphatic carbocycles. The number of hydrogen-bond acceptors (Lipinski definition) is 5. The Labute approximate surface area is 97.3 Å². The van der Waals surface area contributed by atoms with Crippen molar-refractivity contribution in [3.63, 3.8) is 0 Å². The first-order valence-electron chi connectivity index (χ1n) is 4.85. The minimum Gasteiger partial charge on any atom is -0.480 e. The van der Waals surface area contributed by atoms with Gasteiger partial charge in [-0.3, -0.25) is 4.79 Å². The summed E-state index contributed by atoms with van der Waals surface area (Å²) in [6.45, 7) is 1.69. The number of nitrogens with zero attached hydrogens (tertiary/aromatic N) is 3. The molecule has 1 aromatic rings. The van der Waals surface area contributed by atoms with Gasteiger partial charge in [-0.25, -0.2) is 9.97 Å². The molecule has 1 aromatic heterocycles. The van der Waals surface area contributed by atoms with Gasteiger partial charge in [-0.1, -0.05) is 11.6 Å². The van der Waals surface area contributed by atoms with Crippen LogP contribution in [0.15, 0.2) is 12.4 Å². The SMILES string of the molecule is O=C(O)[C@H]1CN(c2cc(Cl)ncn2)CCN1. The van der Waals surface area contributed by atoms with Gasteiger partial charge in [0, 0.05) is 25.7 Å². The Morgan fingerprint density at radius 2 is 2.44 bits per heavy atom. The lowest BCUT2D eigenvalue weighted by molar-refractivity contribution is -0.139. The van der Waals surface area contributed by atoms with Gasteiger partial charge < -0.3 is 15.3 Å². The molecule has 16 heavy (non-hydrogen) atoms. The molecule has 86 valence electrons. The van der Waals surface area contributed by atoms with Gasteiger partial charge in [0.1, 0.15) is 23.3 Å². The summed E-state index contributed by atoms with van der Waals surface area (Å²) in [4.78, 5) is 20.6. The Morgan fingerprint density at radius 3 is 3.12 bits per heavy atom. The average Bonchev–Trinajstić information content (AvgIpc) is 2.29. The van der Waals surface area contributed by atoms with E-state index in [0.29, 0.717) is 30.6 Å². The summed E-state index contributed by atoms with van der Waals surface area (Å²) in [5.41, 5.74) is 0. The molecule has 1 fully saturated rings. The second-order valence-corrected chi connectivity index (χ2v) is 3.88. The van der Waals surface area contributed by atoms with Crippen LogP contribution in [0.4, 0.5) is 5.82 Å². The zero-order valence-corrected chi connectivity index (χ0v) is 9.18. The zero-order valence-electron chi connectivity index (χ0n) is 8.43. The fourth-order valence-corrected chi connectivity index (χ4v) is 1.76. The first-order chi connectivity index (χ1) is 7.66. The predicted octanol–water partition coefficient (Wildman–Crippen LogP) is -0.00720. The maximum absolute atomic E-state index is 10.9. The molecule has 1 atom stereocenters. The van der Waals surface area contributed by atoms with Crippen molar-refractivity contribution >= 4 is 23.4 Å². The lowest BCUT2D eigenvalue weighted by atomic mass is 10.2. The molecule has 0 amide bonds. The quantitative estimate of drug-likeness (QED) is 0.711. The number of rotatable bonds is 2. The third kappa shape index (κ3) is 2.40. The van der Waals surface area contributed by atoms with Crippen molar-refractivity contribution in [1.82, 2.24) is 15.3 Å². The maximum atomic E-state index is 10.9. The Hall–Kier alpha value is -1.40. The third-order valence-corrected chi connectivity index (χ3v) is 2.62. The highest BCUT2D eigenvalue weighted by Gasteiger charge is 2.25. The highest BCUT2D eigenvalue weighted by atomic mass is 35.5. The molecule has 7 heteroatoms. The van der Waals surface area contributed by atoms with Gasteiger partial charge in [0.05, 0.1) is 0 Å². The van der Waals surface area contributed by atoms with E-state index in [-0.39, 0.29) is 0 Å². The van der Waals surface area contributed by atoms with Crippen LogP contribution in [-0.2, 0) is 4.79 Å². The second-order valence-electron chi connectivity index (χ2n) is 3.49. The molecule has 2 N–H and O–H groups in total. The van der Waals surface area contributed by atoms with Crippen molar-refractivity contribution in [2.24, 2.45) is 0 Å². The Morgan fingerprint density at radius 1 is 1.62 bits per heavy atom. The number of nitrogens with one attached hydrogen (secondary N) is 1. The fraction of sp³-hybridized carbons (Fsp3) is 0.444. The monoisotopic (exact) mass is 242 g/mol. The first kappa shape index (κ1) is 11.1. The fourth-order valence-electron chi connectivity index (χ4n) is 1.62. The van der Waals surface area contributed by atoms with E-state index >= 15 is 0 Å². The van der Waals surface area contributed by atoms with Crippen molar-refractivity contribution < 1.29 is 9.90 Å². The minimum atomic E-state index is -0.857. The third-order valence-electron chi connectivity index (χ3n) is 2.42. The molecule has 0 unspecified atom stereocenters. The number of aliphatic carboxylic acids is 1. The van der Waals surface area contributed by atoms with E-state index < -0.39 is 12.0 Å². The Kier molecular flexibility index (Phi) is 3.21. The van der Waals surface area contributed by atoms with Gasteiger partial charge in [0.25, 0.3) is 0 Å². The number of carboxylic acids is 1. The summed E-state index contributed by atoms with van der Waals surface area (Å²) < 4.78 is 0. The summed E-state index contributed by atoms with van der Waals surface area (Å²) in [6, 6.07) is 1.06. The molecule has 6 nitrogen and oxygen atoms in total. The van der Waals surface area contributed by atoms with Crippen LogP contribution in [0.25, 0.3) is 0 Å². The van der Waals surface area contributed by atoms with Crippen molar-refractivity contribution in [3.8, 4) is 0 Å². The number of hydrogen-bond donors (Lipinski definition) is 2. The van der Waals surface area contributed by atoms with E-state index in [2.05, 4.69) is 15.3 Å². The highest BCUT2D eigenvalue weighted by Crippen LogP contribution is 2.15. The van der Waals surface area contributed by atoms with Crippen LogP contribution < -0.4 is 10.2 Å². The number of carbonyl (C=O) groups is 1. The molecule has 0 saturated carbocycles. The molecule has 1 aliphatic rings. The van der Waals surface area contributed by atoms with E-state index in [4.69, 9.17) is 16.7 Å². The van der Waals surface area contributed by atoms with Crippen LogP contribution in [0.1, 0.15) is 0 Å². The molecular formula is C9H11ClN4O2. The summed E-state index contributed by atoms with van der Waals surface area (Å²) in [5.74, 6) is -0.197.